The van der Waals surface area contributed by atoms with Gasteiger partial charge in [0.25, 0.3) is 5.91 Å². The standard InChI is InChI=1S/C20H18BrCl2N5O4/c1-11-8-12(22)9-14(27(20(30)31)6-7-32-2)17(11)25-19(29)15-10-16(21)26-28(15)18-13(23)4-3-5-24-18/h3-5,8-10H,6-7H2,1-2H3,(H,25,29)(H,30,31). The van der Waals surface area contributed by atoms with Crippen molar-refractivity contribution in [3.8, 4) is 5.82 Å². The number of anilines is 2. The van der Waals surface area contributed by atoms with Gasteiger partial charge < -0.3 is 15.2 Å². The van der Waals surface area contributed by atoms with E-state index in [9.17, 15) is 14.7 Å². The van der Waals surface area contributed by atoms with Crippen molar-refractivity contribution in [1.82, 2.24) is 14.8 Å². The number of nitrogens with one attached hydrogen (secondary N) is 1. The number of pyridine rings is 1. The Morgan fingerprint density at radius 3 is 2.72 bits per heavy atom. The molecule has 0 fully saturated rings. The summed E-state index contributed by atoms with van der Waals surface area (Å²) in [5.74, 6) is -0.279. The van der Waals surface area contributed by atoms with Gasteiger partial charge >= 0.3 is 6.09 Å². The minimum Gasteiger partial charge on any atom is -0.465 e. The summed E-state index contributed by atoms with van der Waals surface area (Å²) in [6, 6.07) is 7.89. The second-order valence-electron chi connectivity index (χ2n) is 6.57. The van der Waals surface area contributed by atoms with Gasteiger partial charge in [-0.25, -0.2) is 14.5 Å². The van der Waals surface area contributed by atoms with Crippen LogP contribution in [0.1, 0.15) is 16.1 Å². The lowest BCUT2D eigenvalue weighted by atomic mass is 10.1. The Balaban J connectivity index is 2.04. The first-order chi connectivity index (χ1) is 15.2. The molecule has 0 saturated heterocycles. The van der Waals surface area contributed by atoms with Crippen molar-refractivity contribution in [3.63, 3.8) is 0 Å². The van der Waals surface area contributed by atoms with Crippen molar-refractivity contribution in [2.75, 3.05) is 30.5 Å². The lowest BCUT2D eigenvalue weighted by Crippen LogP contribution is -2.33. The molecule has 0 aliphatic carbocycles. The minimum absolute atomic E-state index is 0.0432. The summed E-state index contributed by atoms with van der Waals surface area (Å²) in [6.07, 6.45) is 0.313. The van der Waals surface area contributed by atoms with Gasteiger partial charge in [0.15, 0.2) is 5.82 Å². The average Bonchev–Trinajstić information content (AvgIpc) is 3.12. The van der Waals surface area contributed by atoms with Crippen LogP contribution in [0.2, 0.25) is 10.0 Å². The summed E-state index contributed by atoms with van der Waals surface area (Å²) in [7, 11) is 1.47. The van der Waals surface area contributed by atoms with Crippen molar-refractivity contribution in [3.05, 3.63) is 62.4 Å². The van der Waals surface area contributed by atoms with E-state index in [2.05, 4.69) is 31.3 Å². The Morgan fingerprint density at radius 1 is 1.31 bits per heavy atom. The van der Waals surface area contributed by atoms with Gasteiger partial charge in [-0.2, -0.15) is 5.10 Å². The number of carbonyl (C=O) groups excluding carboxylic acids is 1. The molecule has 1 aromatic carbocycles. The van der Waals surface area contributed by atoms with Crippen molar-refractivity contribution in [2.24, 2.45) is 0 Å². The number of aryl methyl sites for hydroxylation is 1. The number of rotatable bonds is 7. The topological polar surface area (TPSA) is 110 Å². The highest BCUT2D eigenvalue weighted by atomic mass is 79.9. The van der Waals surface area contributed by atoms with Crippen LogP contribution in [0, 0.1) is 6.92 Å². The molecule has 0 aliphatic heterocycles. The number of benzene rings is 1. The SMILES string of the molecule is COCCN(C(=O)O)c1cc(Cl)cc(C)c1NC(=O)c1cc(Br)nn1-c1ncccc1Cl. The summed E-state index contributed by atoms with van der Waals surface area (Å²) >= 11 is 15.7. The molecule has 0 aliphatic rings. The number of methoxy groups -OCH3 is 1. The first-order valence-corrected chi connectivity index (χ1v) is 10.7. The fraction of sp³-hybridized carbons (Fsp3) is 0.200. The maximum absolute atomic E-state index is 13.2. The van der Waals surface area contributed by atoms with E-state index in [1.165, 1.54) is 30.1 Å². The number of hydrogen-bond acceptors (Lipinski definition) is 5. The molecule has 0 bridgehead atoms. The number of halogens is 3. The van der Waals surface area contributed by atoms with E-state index in [0.717, 1.165) is 4.90 Å². The van der Waals surface area contributed by atoms with Gasteiger partial charge in [0.2, 0.25) is 0 Å². The molecular weight excluding hydrogens is 525 g/mol. The number of nitrogens with zero attached hydrogens (tertiary/aromatic N) is 4. The third-order valence-electron chi connectivity index (χ3n) is 4.41. The van der Waals surface area contributed by atoms with Crippen LogP contribution in [0.25, 0.3) is 5.82 Å². The maximum atomic E-state index is 13.2. The molecule has 3 aromatic rings. The summed E-state index contributed by atoms with van der Waals surface area (Å²) in [4.78, 5) is 30.4. The molecule has 12 heteroatoms. The minimum atomic E-state index is -1.22. The molecule has 9 nitrogen and oxygen atoms in total. The Morgan fingerprint density at radius 2 is 2.06 bits per heavy atom. The van der Waals surface area contributed by atoms with Crippen LogP contribution < -0.4 is 10.2 Å². The van der Waals surface area contributed by atoms with Crippen LogP contribution in [-0.4, -0.2) is 52.1 Å². The molecule has 32 heavy (non-hydrogen) atoms. The molecule has 3 rings (SSSR count). The summed E-state index contributed by atoms with van der Waals surface area (Å²) in [6.45, 7) is 1.91. The number of aromatic nitrogens is 3. The molecule has 2 aromatic heterocycles. The zero-order valence-electron chi connectivity index (χ0n) is 17.0. The molecule has 0 radical (unpaired) electrons. The van der Waals surface area contributed by atoms with Crippen molar-refractivity contribution >= 4 is 62.5 Å². The molecule has 0 atom stereocenters. The molecule has 2 heterocycles. The van der Waals surface area contributed by atoms with Crippen LogP contribution in [0.3, 0.4) is 0 Å². The van der Waals surface area contributed by atoms with Gasteiger partial charge in [0.05, 0.1) is 29.5 Å². The lowest BCUT2D eigenvalue weighted by molar-refractivity contribution is 0.101. The van der Waals surface area contributed by atoms with E-state index in [1.807, 2.05) is 0 Å². The number of carboxylic acid groups (broad SMARTS) is 1. The van der Waals surface area contributed by atoms with Crippen molar-refractivity contribution in [2.45, 2.75) is 6.92 Å². The molecule has 2 amide bonds. The second-order valence-corrected chi connectivity index (χ2v) is 8.23. The predicted molar refractivity (Wildman–Crippen MR) is 125 cm³/mol. The van der Waals surface area contributed by atoms with Gasteiger partial charge in [0.1, 0.15) is 10.3 Å². The Labute approximate surface area is 202 Å². The third-order valence-corrected chi connectivity index (χ3v) is 5.31. The fourth-order valence-electron chi connectivity index (χ4n) is 2.99. The van der Waals surface area contributed by atoms with Crippen molar-refractivity contribution < 1.29 is 19.4 Å². The molecule has 168 valence electrons. The maximum Gasteiger partial charge on any atom is 0.411 e. The van der Waals surface area contributed by atoms with Crippen LogP contribution in [0.15, 0.2) is 41.1 Å². The summed E-state index contributed by atoms with van der Waals surface area (Å²) < 4.78 is 6.70. The zero-order chi connectivity index (χ0) is 23.4. The average molecular weight is 543 g/mol. The van der Waals surface area contributed by atoms with E-state index in [-0.39, 0.29) is 36.0 Å². The smallest absolute Gasteiger partial charge is 0.411 e. The monoisotopic (exact) mass is 541 g/mol. The number of amides is 2. The van der Waals surface area contributed by atoms with E-state index >= 15 is 0 Å². The van der Waals surface area contributed by atoms with E-state index in [4.69, 9.17) is 27.9 Å². The highest BCUT2D eigenvalue weighted by molar-refractivity contribution is 9.10. The molecule has 0 spiro atoms. The largest absolute Gasteiger partial charge is 0.465 e. The Hall–Kier alpha value is -2.66. The van der Waals surface area contributed by atoms with Crippen LogP contribution in [0.4, 0.5) is 16.2 Å². The highest BCUT2D eigenvalue weighted by Gasteiger charge is 2.24. The van der Waals surface area contributed by atoms with Gasteiger partial charge in [0, 0.05) is 24.4 Å². The van der Waals surface area contributed by atoms with Gasteiger partial charge in [-0.05, 0) is 52.7 Å². The normalized spacial score (nSPS) is 10.8. The third kappa shape index (κ3) is 5.21. The van der Waals surface area contributed by atoms with Gasteiger partial charge in [-0.3, -0.25) is 9.69 Å². The summed E-state index contributed by atoms with van der Waals surface area (Å²) in [5, 5.41) is 17.4. The number of hydrogen-bond donors (Lipinski definition) is 2. The Kier molecular flexibility index (Phi) is 7.73. The molecule has 2 N–H and O–H groups in total. The quantitative estimate of drug-likeness (QED) is 0.433. The highest BCUT2D eigenvalue weighted by Crippen LogP contribution is 2.34. The Bertz CT molecular complexity index is 1170. The fourth-order valence-corrected chi connectivity index (χ4v) is 3.83. The number of carbonyl (C=O) groups is 2. The van der Waals surface area contributed by atoms with Crippen LogP contribution in [-0.2, 0) is 4.74 Å². The predicted octanol–water partition coefficient (Wildman–Crippen LogP) is 5.03. The number of ether oxygens (including phenoxy) is 1. The first-order valence-electron chi connectivity index (χ1n) is 9.20. The van der Waals surface area contributed by atoms with E-state index in [1.54, 1.807) is 25.1 Å². The van der Waals surface area contributed by atoms with Crippen LogP contribution >= 0.6 is 39.1 Å². The molecule has 0 unspecified atom stereocenters. The summed E-state index contributed by atoms with van der Waals surface area (Å²) in [5.41, 5.74) is 1.21. The van der Waals surface area contributed by atoms with E-state index in [0.29, 0.717) is 20.2 Å². The molecule has 0 saturated carbocycles. The van der Waals surface area contributed by atoms with Gasteiger partial charge in [-0.15, -0.1) is 0 Å². The molecular formula is C20H18BrCl2N5O4. The van der Waals surface area contributed by atoms with Crippen LogP contribution in [0.5, 0.6) is 0 Å². The van der Waals surface area contributed by atoms with Gasteiger partial charge in [-0.1, -0.05) is 23.2 Å². The van der Waals surface area contributed by atoms with E-state index < -0.39 is 12.0 Å². The second kappa shape index (κ2) is 10.3. The zero-order valence-corrected chi connectivity index (χ0v) is 20.1. The lowest BCUT2D eigenvalue weighted by Gasteiger charge is -2.24. The first kappa shape index (κ1) is 24.0. The van der Waals surface area contributed by atoms with Crippen molar-refractivity contribution in [1.29, 1.82) is 0 Å².